The Morgan fingerprint density at radius 2 is 1.64 bits per heavy atom. The number of amides is 2. The van der Waals surface area contributed by atoms with Crippen molar-refractivity contribution in [1.82, 2.24) is 10.2 Å². The monoisotopic (exact) mass is 421 g/mol. The summed E-state index contributed by atoms with van der Waals surface area (Å²) in [6, 6.07) is 10.7. The zero-order chi connectivity index (χ0) is 20.8. The summed E-state index contributed by atoms with van der Waals surface area (Å²) in [6.45, 7) is 5.94. The molecule has 2 aromatic rings. The van der Waals surface area contributed by atoms with Crippen molar-refractivity contribution in [3.8, 4) is 0 Å². The average Bonchev–Trinajstić information content (AvgIpc) is 2.57. The van der Waals surface area contributed by atoms with Crippen LogP contribution in [-0.4, -0.2) is 36.9 Å². The van der Waals surface area contributed by atoms with Crippen LogP contribution >= 0.6 is 23.2 Å². The van der Waals surface area contributed by atoms with E-state index in [9.17, 15) is 9.59 Å². The first-order valence-corrected chi connectivity index (χ1v) is 9.72. The van der Waals surface area contributed by atoms with E-state index in [4.69, 9.17) is 23.2 Å². The number of hydrogen-bond acceptors (Lipinski definition) is 3. The van der Waals surface area contributed by atoms with Crippen LogP contribution in [0.2, 0.25) is 10.0 Å². The summed E-state index contributed by atoms with van der Waals surface area (Å²) in [5.74, 6) is -0.359. The maximum absolute atomic E-state index is 12.3. The minimum atomic E-state index is -0.269. The highest BCUT2D eigenvalue weighted by Gasteiger charge is 2.16. The summed E-state index contributed by atoms with van der Waals surface area (Å²) in [6.07, 6.45) is 0. The topological polar surface area (TPSA) is 61.4 Å². The normalized spacial score (nSPS) is 12.0. The van der Waals surface area contributed by atoms with Crippen molar-refractivity contribution in [2.24, 2.45) is 0 Å². The molecule has 0 aliphatic heterocycles. The molecule has 0 saturated heterocycles. The Bertz CT molecular complexity index is 850. The van der Waals surface area contributed by atoms with Crippen LogP contribution < -0.4 is 10.6 Å². The molecule has 2 N–H and O–H groups in total. The Hall–Kier alpha value is -2.08. The zero-order valence-corrected chi connectivity index (χ0v) is 18.0. The number of hydrogen-bond donors (Lipinski definition) is 2. The van der Waals surface area contributed by atoms with Gasteiger partial charge in [0, 0.05) is 15.7 Å². The molecule has 0 aromatic heterocycles. The van der Waals surface area contributed by atoms with E-state index in [0.29, 0.717) is 10.0 Å². The molecule has 0 fully saturated rings. The molecule has 0 spiro atoms. The van der Waals surface area contributed by atoms with Gasteiger partial charge >= 0.3 is 0 Å². The Morgan fingerprint density at radius 1 is 1.04 bits per heavy atom. The number of likely N-dealkylation sites (N-methyl/N-ethyl adjacent to an activating group) is 1. The van der Waals surface area contributed by atoms with E-state index in [1.165, 1.54) is 0 Å². The number of nitrogens with zero attached hydrogens (tertiary/aromatic N) is 1. The Morgan fingerprint density at radius 3 is 2.25 bits per heavy atom. The van der Waals surface area contributed by atoms with Gasteiger partial charge in [-0.05, 0) is 56.6 Å². The minimum absolute atomic E-state index is 0.0930. The van der Waals surface area contributed by atoms with Crippen LogP contribution in [0.1, 0.15) is 29.7 Å². The van der Waals surface area contributed by atoms with Gasteiger partial charge in [-0.2, -0.15) is 0 Å². The molecule has 2 aromatic carbocycles. The van der Waals surface area contributed by atoms with Crippen LogP contribution in [-0.2, 0) is 9.59 Å². The van der Waals surface area contributed by atoms with E-state index in [0.717, 1.165) is 22.4 Å². The van der Waals surface area contributed by atoms with Crippen LogP contribution in [0.4, 0.5) is 5.69 Å². The van der Waals surface area contributed by atoms with Crippen molar-refractivity contribution in [2.45, 2.75) is 26.8 Å². The second-order valence-electron chi connectivity index (χ2n) is 6.94. The molecule has 0 bridgehead atoms. The molecule has 28 heavy (non-hydrogen) atoms. The molecule has 0 aliphatic carbocycles. The molecule has 5 nitrogen and oxygen atoms in total. The number of halogens is 2. The largest absolute Gasteiger partial charge is 0.348 e. The second-order valence-corrected chi connectivity index (χ2v) is 7.79. The van der Waals surface area contributed by atoms with Gasteiger partial charge < -0.3 is 10.6 Å². The van der Waals surface area contributed by atoms with Crippen LogP contribution in [0, 0.1) is 13.8 Å². The molecule has 1 unspecified atom stereocenters. The Labute approximate surface area is 176 Å². The smallest absolute Gasteiger partial charge is 0.238 e. The van der Waals surface area contributed by atoms with E-state index in [1.54, 1.807) is 30.1 Å². The number of anilines is 1. The summed E-state index contributed by atoms with van der Waals surface area (Å²) in [4.78, 5) is 26.3. The lowest BCUT2D eigenvalue weighted by Crippen LogP contribution is -2.39. The molecular formula is C21H25Cl2N3O2. The van der Waals surface area contributed by atoms with Crippen molar-refractivity contribution in [1.29, 1.82) is 0 Å². The van der Waals surface area contributed by atoms with Gasteiger partial charge in [0.1, 0.15) is 0 Å². The van der Waals surface area contributed by atoms with Crippen LogP contribution in [0.5, 0.6) is 0 Å². The third-order valence-corrected chi connectivity index (χ3v) is 4.94. The van der Waals surface area contributed by atoms with Crippen molar-refractivity contribution >= 4 is 40.7 Å². The molecule has 0 heterocycles. The molecule has 150 valence electrons. The number of carbonyl (C=O) groups excluding carboxylic acids is 2. The van der Waals surface area contributed by atoms with Crippen molar-refractivity contribution in [3.05, 3.63) is 63.1 Å². The molecule has 0 radical (unpaired) electrons. The zero-order valence-electron chi connectivity index (χ0n) is 16.5. The molecule has 2 amide bonds. The summed E-state index contributed by atoms with van der Waals surface area (Å²) < 4.78 is 0. The molecule has 0 saturated carbocycles. The van der Waals surface area contributed by atoms with Crippen LogP contribution in [0.3, 0.4) is 0 Å². The van der Waals surface area contributed by atoms with Crippen molar-refractivity contribution in [2.75, 3.05) is 25.5 Å². The fourth-order valence-corrected chi connectivity index (χ4v) is 3.53. The maximum Gasteiger partial charge on any atom is 0.238 e. The fourth-order valence-electron chi connectivity index (χ4n) is 2.95. The average molecular weight is 422 g/mol. The summed E-state index contributed by atoms with van der Waals surface area (Å²) >= 11 is 12.1. The first-order valence-electron chi connectivity index (χ1n) is 8.96. The molecule has 7 heteroatoms. The number of para-hydroxylation sites is 1. The molecule has 0 aliphatic rings. The second kappa shape index (κ2) is 9.92. The predicted molar refractivity (Wildman–Crippen MR) is 115 cm³/mol. The summed E-state index contributed by atoms with van der Waals surface area (Å²) in [5.41, 5.74) is 3.61. The number of nitrogens with one attached hydrogen (secondary N) is 2. The third-order valence-electron chi connectivity index (χ3n) is 4.38. The number of aryl methyl sites for hydroxylation is 2. The molecule has 2 rings (SSSR count). The highest BCUT2D eigenvalue weighted by atomic mass is 35.5. The van der Waals surface area contributed by atoms with E-state index in [-0.39, 0.29) is 30.9 Å². The maximum atomic E-state index is 12.3. The van der Waals surface area contributed by atoms with E-state index < -0.39 is 0 Å². The van der Waals surface area contributed by atoms with Crippen molar-refractivity contribution < 1.29 is 9.59 Å². The highest BCUT2D eigenvalue weighted by molar-refractivity contribution is 6.35. The lowest BCUT2D eigenvalue weighted by Gasteiger charge is -2.20. The summed E-state index contributed by atoms with van der Waals surface area (Å²) in [7, 11) is 1.73. The van der Waals surface area contributed by atoms with Gasteiger partial charge in [0.25, 0.3) is 0 Å². The first kappa shape index (κ1) is 22.2. The summed E-state index contributed by atoms with van der Waals surface area (Å²) in [5, 5.41) is 6.85. The number of rotatable bonds is 7. The van der Waals surface area contributed by atoms with E-state index in [1.807, 2.05) is 39.0 Å². The first-order chi connectivity index (χ1) is 13.2. The quantitative estimate of drug-likeness (QED) is 0.697. The van der Waals surface area contributed by atoms with Crippen molar-refractivity contribution in [3.63, 3.8) is 0 Å². The van der Waals surface area contributed by atoms with E-state index >= 15 is 0 Å². The lowest BCUT2D eigenvalue weighted by molar-refractivity contribution is -0.123. The minimum Gasteiger partial charge on any atom is -0.348 e. The van der Waals surface area contributed by atoms with E-state index in [2.05, 4.69) is 10.6 Å². The van der Waals surface area contributed by atoms with Crippen LogP contribution in [0.25, 0.3) is 0 Å². The Balaban J connectivity index is 1.87. The standard InChI is InChI=1S/C21H25Cl2N3O2/c1-13-6-5-7-14(2)21(13)25-20(28)12-26(4)11-19(27)24-15(3)17-9-8-16(22)10-18(17)23/h5-10,15H,11-12H2,1-4H3,(H,24,27)(H,25,28). The molecular weight excluding hydrogens is 397 g/mol. The van der Waals surface area contributed by atoms with Gasteiger partial charge in [0.05, 0.1) is 19.1 Å². The SMILES string of the molecule is Cc1cccc(C)c1NC(=O)CN(C)CC(=O)NC(C)c1ccc(Cl)cc1Cl. The van der Waals surface area contributed by atoms with Gasteiger partial charge in [0.2, 0.25) is 11.8 Å². The van der Waals surface area contributed by atoms with Gasteiger partial charge in [-0.15, -0.1) is 0 Å². The fraction of sp³-hybridized carbons (Fsp3) is 0.333. The molecule has 1 atom stereocenters. The van der Waals surface area contributed by atoms with Crippen LogP contribution in [0.15, 0.2) is 36.4 Å². The Kier molecular flexibility index (Phi) is 7.87. The number of carbonyl (C=O) groups is 2. The van der Waals surface area contributed by atoms with Gasteiger partial charge in [-0.1, -0.05) is 47.5 Å². The van der Waals surface area contributed by atoms with Gasteiger partial charge in [-0.3, -0.25) is 14.5 Å². The third kappa shape index (κ3) is 6.23. The number of benzene rings is 2. The predicted octanol–water partition coefficient (Wildman–Crippen LogP) is 4.36. The van der Waals surface area contributed by atoms with Gasteiger partial charge in [-0.25, -0.2) is 0 Å². The highest BCUT2D eigenvalue weighted by Crippen LogP contribution is 2.26. The lowest BCUT2D eigenvalue weighted by atomic mass is 10.1. The van der Waals surface area contributed by atoms with Gasteiger partial charge in [0.15, 0.2) is 0 Å².